The van der Waals surface area contributed by atoms with E-state index in [9.17, 15) is 28.7 Å². The Kier molecular flexibility index (Phi) is 6.42. The van der Waals surface area contributed by atoms with E-state index < -0.39 is 37.1 Å². The van der Waals surface area contributed by atoms with Crippen LogP contribution in [0.1, 0.15) is 26.7 Å². The number of carbonyl (C=O) groups excluding carboxylic acids is 3. The van der Waals surface area contributed by atoms with Gasteiger partial charge in [0.2, 0.25) is 17.7 Å². The first-order valence-corrected chi connectivity index (χ1v) is 10.4. The van der Waals surface area contributed by atoms with E-state index in [0.29, 0.717) is 5.57 Å². The summed E-state index contributed by atoms with van der Waals surface area (Å²) in [5.74, 6) is -2.08. The molecule has 10 heteroatoms. The van der Waals surface area contributed by atoms with E-state index in [2.05, 4.69) is 11.9 Å². The molecule has 1 fully saturated rings. The van der Waals surface area contributed by atoms with E-state index in [-0.39, 0.29) is 37.9 Å². The molecule has 0 aromatic rings. The lowest BCUT2D eigenvalue weighted by molar-refractivity contribution is -0.143. The molecule has 2 aliphatic heterocycles. The lowest BCUT2D eigenvalue weighted by atomic mass is 9.84. The number of ether oxygens (including phenoxy) is 1. The zero-order chi connectivity index (χ0) is 20.4. The molecule has 0 radical (unpaired) electrons. The van der Waals surface area contributed by atoms with Crippen molar-refractivity contribution < 1.29 is 33.5 Å². The topological polar surface area (TPSA) is 133 Å². The van der Waals surface area contributed by atoms with Gasteiger partial charge in [0.05, 0.1) is 23.8 Å². The summed E-state index contributed by atoms with van der Waals surface area (Å²) in [7, 11) is -4.29. The van der Waals surface area contributed by atoms with Gasteiger partial charge in [-0.2, -0.15) is 0 Å². The molecule has 3 amide bonds. The zero-order valence-corrected chi connectivity index (χ0v) is 16.3. The van der Waals surface area contributed by atoms with E-state index in [4.69, 9.17) is 4.74 Å². The molecule has 9 nitrogen and oxygen atoms in total. The van der Waals surface area contributed by atoms with Crippen molar-refractivity contribution in [1.82, 2.24) is 10.2 Å². The van der Waals surface area contributed by atoms with Crippen LogP contribution in [-0.2, 0) is 23.7 Å². The fourth-order valence-electron chi connectivity index (χ4n) is 3.29. The summed E-state index contributed by atoms with van der Waals surface area (Å²) < 4.78 is 17.1. The van der Waals surface area contributed by atoms with Gasteiger partial charge in [-0.25, -0.2) is 0 Å². The Balaban J connectivity index is 2.10. The molecule has 3 N–H and O–H groups in total. The smallest absolute Gasteiger partial charge is 0.325 e. The van der Waals surface area contributed by atoms with Crippen LogP contribution in [-0.4, -0.2) is 63.4 Å². The summed E-state index contributed by atoms with van der Waals surface area (Å²) in [4.78, 5) is 56.1. The van der Waals surface area contributed by atoms with Gasteiger partial charge < -0.3 is 19.8 Å². The van der Waals surface area contributed by atoms with Gasteiger partial charge in [0.25, 0.3) is 0 Å². The molecular weight excluding hydrogens is 375 g/mol. The summed E-state index contributed by atoms with van der Waals surface area (Å²) >= 11 is 0. The fourth-order valence-corrected chi connectivity index (χ4v) is 3.93. The molecular formula is C17H25N2O7P. The van der Waals surface area contributed by atoms with Gasteiger partial charge in [0.1, 0.15) is 0 Å². The second-order valence-electron chi connectivity index (χ2n) is 6.95. The average Bonchev–Trinajstić information content (AvgIpc) is 3.07. The summed E-state index contributed by atoms with van der Waals surface area (Å²) in [5, 5.41) is 2.56. The number of carbonyl (C=O) groups is 3. The minimum atomic E-state index is -4.29. The second-order valence-corrected chi connectivity index (χ2v) is 8.73. The van der Waals surface area contributed by atoms with Crippen LogP contribution in [0.3, 0.4) is 0 Å². The molecule has 0 spiro atoms. The third kappa shape index (κ3) is 5.13. The Morgan fingerprint density at radius 3 is 2.67 bits per heavy atom. The summed E-state index contributed by atoms with van der Waals surface area (Å²) in [5.41, 5.74) is -0.898. The monoisotopic (exact) mass is 400 g/mol. The van der Waals surface area contributed by atoms with Gasteiger partial charge in [0, 0.05) is 25.1 Å². The summed E-state index contributed by atoms with van der Waals surface area (Å²) in [6.07, 6.45) is 2.40. The molecule has 0 saturated carbocycles. The van der Waals surface area contributed by atoms with Crippen molar-refractivity contribution in [2.45, 2.75) is 38.4 Å². The van der Waals surface area contributed by atoms with E-state index in [1.165, 1.54) is 0 Å². The van der Waals surface area contributed by atoms with Gasteiger partial charge in [-0.1, -0.05) is 18.7 Å². The van der Waals surface area contributed by atoms with Crippen molar-refractivity contribution in [3.63, 3.8) is 0 Å². The van der Waals surface area contributed by atoms with Crippen molar-refractivity contribution >= 4 is 25.3 Å². The maximum atomic E-state index is 12.8. The molecule has 0 aromatic heterocycles. The number of imide groups is 1. The highest BCUT2D eigenvalue weighted by molar-refractivity contribution is 7.51. The Morgan fingerprint density at radius 1 is 1.48 bits per heavy atom. The van der Waals surface area contributed by atoms with Crippen LogP contribution in [0.15, 0.2) is 24.3 Å². The largest absolute Gasteiger partial charge is 0.363 e. The van der Waals surface area contributed by atoms with E-state index in [1.54, 1.807) is 26.0 Å². The molecule has 2 heterocycles. The third-order valence-corrected chi connectivity index (χ3v) is 5.50. The van der Waals surface area contributed by atoms with Crippen LogP contribution in [0.25, 0.3) is 0 Å². The van der Waals surface area contributed by atoms with Gasteiger partial charge in [-0.05, 0) is 20.3 Å². The molecule has 0 bridgehead atoms. The molecule has 3 unspecified atom stereocenters. The highest BCUT2D eigenvalue weighted by Crippen LogP contribution is 2.45. The van der Waals surface area contributed by atoms with Gasteiger partial charge >= 0.3 is 7.60 Å². The predicted octanol–water partition coefficient (Wildman–Crippen LogP) is 0.335. The molecule has 2 aliphatic rings. The van der Waals surface area contributed by atoms with Gasteiger partial charge in [0.15, 0.2) is 0 Å². The van der Waals surface area contributed by atoms with Crippen molar-refractivity contribution in [3.05, 3.63) is 24.3 Å². The summed E-state index contributed by atoms with van der Waals surface area (Å²) in [6, 6.07) is 0. The van der Waals surface area contributed by atoms with Crippen LogP contribution >= 0.6 is 7.60 Å². The number of amides is 3. The Morgan fingerprint density at radius 2 is 2.15 bits per heavy atom. The molecule has 150 valence electrons. The first-order chi connectivity index (χ1) is 12.4. The van der Waals surface area contributed by atoms with Crippen LogP contribution in [0.5, 0.6) is 0 Å². The summed E-state index contributed by atoms with van der Waals surface area (Å²) in [6.45, 7) is 6.92. The normalized spacial score (nSPS) is 28.1. The Bertz CT molecular complexity index is 729. The number of hydrogen-bond acceptors (Lipinski definition) is 5. The Hall–Kier alpha value is -1.80. The van der Waals surface area contributed by atoms with Crippen molar-refractivity contribution in [1.29, 1.82) is 0 Å². The molecule has 2 rings (SSSR count). The first kappa shape index (κ1) is 21.5. The number of nitrogens with one attached hydrogen (secondary N) is 1. The van der Waals surface area contributed by atoms with E-state index >= 15 is 0 Å². The number of hydrogen-bond donors (Lipinski definition) is 3. The third-order valence-electron chi connectivity index (χ3n) is 4.69. The predicted molar refractivity (Wildman–Crippen MR) is 96.6 cm³/mol. The number of nitrogens with zero attached hydrogens (tertiary/aromatic N) is 1. The highest BCUT2D eigenvalue weighted by Gasteiger charge is 2.53. The molecule has 3 atom stereocenters. The van der Waals surface area contributed by atoms with E-state index in [1.807, 2.05) is 0 Å². The minimum absolute atomic E-state index is 0.0149. The molecule has 27 heavy (non-hydrogen) atoms. The lowest BCUT2D eigenvalue weighted by Gasteiger charge is -2.33. The first-order valence-electron chi connectivity index (χ1n) is 8.65. The average molecular weight is 400 g/mol. The van der Waals surface area contributed by atoms with Crippen LogP contribution in [0, 0.1) is 5.92 Å². The van der Waals surface area contributed by atoms with Crippen molar-refractivity contribution in [2.24, 2.45) is 5.92 Å². The SMILES string of the molecule is C=C(C)C(=O)NCCN1C(=O)CC(C2(CCP(=O)(O)O)C=CC(C)O2)C1=O. The molecule has 1 saturated heterocycles. The Labute approximate surface area is 157 Å². The maximum Gasteiger partial charge on any atom is 0.325 e. The number of rotatable bonds is 8. The fraction of sp³-hybridized carbons (Fsp3) is 0.588. The minimum Gasteiger partial charge on any atom is -0.363 e. The van der Waals surface area contributed by atoms with Gasteiger partial charge in [-0.3, -0.25) is 23.8 Å². The van der Waals surface area contributed by atoms with Crippen molar-refractivity contribution in [3.8, 4) is 0 Å². The zero-order valence-electron chi connectivity index (χ0n) is 15.4. The van der Waals surface area contributed by atoms with E-state index in [0.717, 1.165) is 4.90 Å². The van der Waals surface area contributed by atoms with Gasteiger partial charge in [-0.15, -0.1) is 0 Å². The van der Waals surface area contributed by atoms with Crippen LogP contribution < -0.4 is 5.32 Å². The molecule has 0 aliphatic carbocycles. The number of likely N-dealkylation sites (tertiary alicyclic amines) is 1. The maximum absolute atomic E-state index is 12.8. The van der Waals surface area contributed by atoms with Crippen LogP contribution in [0.4, 0.5) is 0 Å². The highest BCUT2D eigenvalue weighted by atomic mass is 31.2. The lowest BCUT2D eigenvalue weighted by Crippen LogP contribution is -2.45. The van der Waals surface area contributed by atoms with Crippen molar-refractivity contribution in [2.75, 3.05) is 19.3 Å². The molecule has 0 aromatic carbocycles. The quantitative estimate of drug-likeness (QED) is 0.231. The second kappa shape index (κ2) is 8.06. The van der Waals surface area contributed by atoms with Crippen LogP contribution in [0.2, 0.25) is 0 Å². The standard InChI is InChI=1S/C17H25N2O7P/c1-11(2)15(21)18-7-8-19-14(20)10-13(16(19)22)17(5-4-12(3)26-17)6-9-27(23,24)25/h4-5,12-13H,1,6-10H2,2-3H3,(H,18,21)(H2,23,24,25).